The standard InChI is InChI=1S/C20H26N2O3S/c1-24-12-3-10-21-14-19(23)22-11-8-18-17(9-13-26-18)20(22)15-4-6-16(25-2)7-5-15/h4-7,9,13,20-21H,3,8,10-12,14H2,1-2H3/p+1/t20-/m0/s1. The molecule has 1 aromatic carbocycles. The van der Waals surface area contributed by atoms with E-state index in [0.717, 1.165) is 43.9 Å². The average Bonchev–Trinajstić information content (AvgIpc) is 3.16. The lowest BCUT2D eigenvalue weighted by atomic mass is 9.93. The van der Waals surface area contributed by atoms with Crippen LogP contribution in [0.5, 0.6) is 5.75 Å². The molecule has 0 radical (unpaired) electrons. The molecule has 26 heavy (non-hydrogen) atoms. The lowest BCUT2D eigenvalue weighted by Crippen LogP contribution is -2.87. The summed E-state index contributed by atoms with van der Waals surface area (Å²) in [5.74, 6) is 1.03. The van der Waals surface area contributed by atoms with Gasteiger partial charge in [0, 0.05) is 25.0 Å². The summed E-state index contributed by atoms with van der Waals surface area (Å²) in [5.41, 5.74) is 2.40. The summed E-state index contributed by atoms with van der Waals surface area (Å²) < 4.78 is 10.3. The number of hydrogen-bond acceptors (Lipinski definition) is 4. The van der Waals surface area contributed by atoms with E-state index >= 15 is 0 Å². The summed E-state index contributed by atoms with van der Waals surface area (Å²) in [6.45, 7) is 2.90. The molecule has 0 saturated heterocycles. The molecule has 2 N–H and O–H groups in total. The molecule has 0 aliphatic carbocycles. The van der Waals surface area contributed by atoms with Gasteiger partial charge in [-0.2, -0.15) is 0 Å². The molecule has 0 bridgehead atoms. The summed E-state index contributed by atoms with van der Waals surface area (Å²) >= 11 is 1.79. The third-order valence-electron chi connectivity index (χ3n) is 4.79. The van der Waals surface area contributed by atoms with Gasteiger partial charge in [-0.15, -0.1) is 11.3 Å². The van der Waals surface area contributed by atoms with Crippen molar-refractivity contribution in [3.63, 3.8) is 0 Å². The molecule has 1 aliphatic heterocycles. The van der Waals surface area contributed by atoms with E-state index in [1.165, 1.54) is 10.4 Å². The van der Waals surface area contributed by atoms with Crippen molar-refractivity contribution in [1.82, 2.24) is 4.90 Å². The molecule has 2 heterocycles. The Bertz CT molecular complexity index is 714. The van der Waals surface area contributed by atoms with Crippen molar-refractivity contribution in [2.45, 2.75) is 18.9 Å². The van der Waals surface area contributed by atoms with E-state index in [-0.39, 0.29) is 11.9 Å². The number of methoxy groups -OCH3 is 2. The first kappa shape index (κ1) is 18.9. The quantitative estimate of drug-likeness (QED) is 0.716. The fourth-order valence-corrected chi connectivity index (χ4v) is 4.35. The normalized spacial score (nSPS) is 16.4. The Morgan fingerprint density at radius 1 is 1.27 bits per heavy atom. The Morgan fingerprint density at radius 2 is 2.08 bits per heavy atom. The number of amides is 1. The highest BCUT2D eigenvalue weighted by Gasteiger charge is 2.33. The third-order valence-corrected chi connectivity index (χ3v) is 5.79. The molecule has 1 amide bonds. The second kappa shape index (κ2) is 9.16. The molecule has 140 valence electrons. The predicted molar refractivity (Wildman–Crippen MR) is 103 cm³/mol. The van der Waals surface area contributed by atoms with Crippen molar-refractivity contribution in [1.29, 1.82) is 0 Å². The van der Waals surface area contributed by atoms with Crippen molar-refractivity contribution in [2.24, 2.45) is 0 Å². The number of thiophene rings is 1. The van der Waals surface area contributed by atoms with Crippen LogP contribution in [0.15, 0.2) is 35.7 Å². The number of rotatable bonds is 8. The Kier molecular flexibility index (Phi) is 6.66. The number of nitrogens with zero attached hydrogens (tertiary/aromatic N) is 1. The molecule has 5 nitrogen and oxygen atoms in total. The Morgan fingerprint density at radius 3 is 2.81 bits per heavy atom. The van der Waals surface area contributed by atoms with Gasteiger partial charge < -0.3 is 19.7 Å². The molecule has 1 aromatic heterocycles. The zero-order valence-electron chi connectivity index (χ0n) is 15.4. The van der Waals surface area contributed by atoms with Crippen LogP contribution < -0.4 is 10.1 Å². The summed E-state index contributed by atoms with van der Waals surface area (Å²) in [6.07, 6.45) is 1.90. The van der Waals surface area contributed by atoms with Gasteiger partial charge in [0.05, 0.1) is 26.3 Å². The van der Waals surface area contributed by atoms with Crippen LogP contribution in [0.2, 0.25) is 0 Å². The molecule has 0 unspecified atom stereocenters. The highest BCUT2D eigenvalue weighted by Crippen LogP contribution is 2.38. The van der Waals surface area contributed by atoms with Gasteiger partial charge >= 0.3 is 0 Å². The van der Waals surface area contributed by atoms with Crippen LogP contribution in [0.25, 0.3) is 0 Å². The van der Waals surface area contributed by atoms with Crippen LogP contribution >= 0.6 is 11.3 Å². The number of carbonyl (C=O) groups is 1. The van der Waals surface area contributed by atoms with E-state index in [1.807, 2.05) is 17.0 Å². The second-order valence-electron chi connectivity index (χ2n) is 6.44. The lowest BCUT2D eigenvalue weighted by molar-refractivity contribution is -0.645. The number of fused-ring (bicyclic) bond motifs is 1. The number of nitrogens with two attached hydrogens (primary N) is 1. The third kappa shape index (κ3) is 4.26. The average molecular weight is 376 g/mol. The van der Waals surface area contributed by atoms with Gasteiger partial charge in [0.1, 0.15) is 5.75 Å². The summed E-state index contributed by atoms with van der Waals surface area (Å²) in [4.78, 5) is 16.3. The Hall–Kier alpha value is -1.89. The van der Waals surface area contributed by atoms with Crippen molar-refractivity contribution in [3.8, 4) is 5.75 Å². The number of ether oxygens (including phenoxy) is 2. The van der Waals surface area contributed by atoms with Crippen molar-refractivity contribution in [3.05, 3.63) is 51.7 Å². The molecule has 2 aromatic rings. The molecular formula is C20H27N2O3S+. The lowest BCUT2D eigenvalue weighted by Gasteiger charge is -2.36. The van der Waals surface area contributed by atoms with Gasteiger partial charge in [-0.05, 0) is 41.1 Å². The molecular weight excluding hydrogens is 348 g/mol. The molecule has 0 spiro atoms. The summed E-state index contributed by atoms with van der Waals surface area (Å²) in [6, 6.07) is 10.2. The van der Waals surface area contributed by atoms with E-state index in [2.05, 4.69) is 28.9 Å². The van der Waals surface area contributed by atoms with Crippen LogP contribution in [0.4, 0.5) is 0 Å². The van der Waals surface area contributed by atoms with Gasteiger partial charge in [-0.1, -0.05) is 12.1 Å². The summed E-state index contributed by atoms with van der Waals surface area (Å²) in [7, 11) is 3.37. The molecule has 0 fully saturated rings. The summed E-state index contributed by atoms with van der Waals surface area (Å²) in [5, 5.41) is 4.21. The zero-order valence-corrected chi connectivity index (χ0v) is 16.3. The van der Waals surface area contributed by atoms with Crippen LogP contribution in [-0.2, 0) is 16.0 Å². The maximum Gasteiger partial charge on any atom is 0.278 e. The fourth-order valence-electron chi connectivity index (χ4n) is 3.45. The van der Waals surface area contributed by atoms with Crippen molar-refractivity contribution in [2.75, 3.05) is 40.5 Å². The van der Waals surface area contributed by atoms with Crippen molar-refractivity contribution < 1.29 is 19.6 Å². The Balaban J connectivity index is 1.76. The van der Waals surface area contributed by atoms with E-state index < -0.39 is 0 Å². The maximum absolute atomic E-state index is 12.9. The number of quaternary nitrogens is 1. The molecule has 6 heteroatoms. The van der Waals surface area contributed by atoms with Gasteiger partial charge in [0.2, 0.25) is 0 Å². The minimum absolute atomic E-state index is 0.00391. The second-order valence-corrected chi connectivity index (χ2v) is 7.44. The largest absolute Gasteiger partial charge is 0.497 e. The zero-order chi connectivity index (χ0) is 18.4. The molecule has 0 saturated carbocycles. The highest BCUT2D eigenvalue weighted by molar-refractivity contribution is 7.10. The first-order valence-electron chi connectivity index (χ1n) is 9.05. The molecule has 1 atom stereocenters. The highest BCUT2D eigenvalue weighted by atomic mass is 32.1. The predicted octanol–water partition coefficient (Wildman–Crippen LogP) is 1.83. The number of hydrogen-bond donors (Lipinski definition) is 1. The molecule has 3 rings (SSSR count). The van der Waals surface area contributed by atoms with Gasteiger partial charge in [0.25, 0.3) is 5.91 Å². The first-order chi connectivity index (χ1) is 12.7. The van der Waals surface area contributed by atoms with E-state index in [0.29, 0.717) is 6.54 Å². The fraction of sp³-hybridized carbons (Fsp3) is 0.450. The van der Waals surface area contributed by atoms with Crippen LogP contribution in [0, 0.1) is 0 Å². The number of carbonyl (C=O) groups excluding carboxylic acids is 1. The Labute approximate surface area is 158 Å². The molecule has 1 aliphatic rings. The van der Waals surface area contributed by atoms with Crippen LogP contribution in [0.1, 0.15) is 28.5 Å². The topological polar surface area (TPSA) is 55.4 Å². The minimum Gasteiger partial charge on any atom is -0.497 e. The number of benzene rings is 1. The van der Waals surface area contributed by atoms with E-state index in [4.69, 9.17) is 9.47 Å². The van der Waals surface area contributed by atoms with Gasteiger partial charge in [0.15, 0.2) is 6.54 Å². The minimum atomic E-state index is -0.00391. The van der Waals surface area contributed by atoms with Crippen LogP contribution in [-0.4, -0.2) is 51.3 Å². The SMILES string of the molecule is COCCC[NH2+]CC(=O)N1CCc2sccc2[C@@H]1c1ccc(OC)cc1. The van der Waals surface area contributed by atoms with Gasteiger partial charge in [-0.3, -0.25) is 4.79 Å². The monoisotopic (exact) mass is 375 g/mol. The van der Waals surface area contributed by atoms with Gasteiger partial charge in [-0.25, -0.2) is 0 Å². The van der Waals surface area contributed by atoms with E-state index in [9.17, 15) is 4.79 Å². The first-order valence-corrected chi connectivity index (χ1v) is 9.93. The maximum atomic E-state index is 12.9. The van der Waals surface area contributed by atoms with E-state index in [1.54, 1.807) is 25.6 Å². The van der Waals surface area contributed by atoms with Crippen molar-refractivity contribution >= 4 is 17.2 Å². The van der Waals surface area contributed by atoms with Crippen LogP contribution in [0.3, 0.4) is 0 Å². The smallest absolute Gasteiger partial charge is 0.278 e.